The lowest BCUT2D eigenvalue weighted by atomic mass is 9.97. The van der Waals surface area contributed by atoms with Crippen LogP contribution in [0.4, 0.5) is 4.39 Å². The van der Waals surface area contributed by atoms with Crippen LogP contribution in [0.25, 0.3) is 0 Å². The summed E-state index contributed by atoms with van der Waals surface area (Å²) in [6, 6.07) is 10.3. The van der Waals surface area contributed by atoms with E-state index >= 15 is 0 Å². The van der Waals surface area contributed by atoms with Crippen LogP contribution in [-0.4, -0.2) is 59.2 Å². The van der Waals surface area contributed by atoms with E-state index in [1.807, 2.05) is 17.5 Å². The lowest BCUT2D eigenvalue weighted by Crippen LogP contribution is -2.47. The van der Waals surface area contributed by atoms with Crippen LogP contribution in [-0.2, 0) is 22.7 Å². The highest BCUT2D eigenvalue weighted by molar-refractivity contribution is 7.09. The molecular weight excluding hydrogens is 461 g/mol. The Morgan fingerprint density at radius 1 is 1.06 bits per heavy atom. The van der Waals surface area contributed by atoms with Crippen molar-refractivity contribution >= 4 is 23.2 Å². The van der Waals surface area contributed by atoms with Crippen molar-refractivity contribution in [3.05, 3.63) is 58.0 Å². The van der Waals surface area contributed by atoms with Crippen molar-refractivity contribution in [3.63, 3.8) is 0 Å². The number of carbonyl (C=O) groups is 2. The fourth-order valence-corrected chi connectivity index (χ4v) is 5.36. The first-order valence-electron chi connectivity index (χ1n) is 13.1. The highest BCUT2D eigenvalue weighted by Crippen LogP contribution is 2.19. The molecule has 2 aromatic rings. The molecule has 7 heteroatoms. The molecule has 0 radical (unpaired) electrons. The largest absolute Gasteiger partial charge is 0.332 e. The van der Waals surface area contributed by atoms with Gasteiger partial charge in [-0.1, -0.05) is 44.9 Å². The van der Waals surface area contributed by atoms with E-state index < -0.39 is 0 Å². The van der Waals surface area contributed by atoms with Gasteiger partial charge in [0.2, 0.25) is 11.8 Å². The van der Waals surface area contributed by atoms with Crippen LogP contribution in [0, 0.1) is 11.7 Å². The van der Waals surface area contributed by atoms with Gasteiger partial charge in [0.15, 0.2) is 0 Å². The van der Waals surface area contributed by atoms with E-state index in [0.29, 0.717) is 19.6 Å². The van der Waals surface area contributed by atoms with Crippen molar-refractivity contribution in [2.45, 2.75) is 65.5 Å². The van der Waals surface area contributed by atoms with Gasteiger partial charge in [-0.15, -0.1) is 11.3 Å². The molecule has 1 saturated heterocycles. The van der Waals surface area contributed by atoms with Crippen LogP contribution in [0.5, 0.6) is 0 Å². The minimum absolute atomic E-state index is 0.0378. The molecule has 192 valence electrons. The fourth-order valence-electron chi connectivity index (χ4n) is 4.64. The van der Waals surface area contributed by atoms with Crippen LogP contribution in [0.1, 0.15) is 62.8 Å². The first kappa shape index (κ1) is 27.3. The third kappa shape index (κ3) is 8.73. The number of likely N-dealkylation sites (tertiary alicyclic amines) is 1. The molecule has 0 saturated carbocycles. The number of benzene rings is 1. The summed E-state index contributed by atoms with van der Waals surface area (Å²) >= 11 is 1.61. The van der Waals surface area contributed by atoms with Crippen molar-refractivity contribution in [1.82, 2.24) is 14.7 Å². The Bertz CT molecular complexity index is 897. The van der Waals surface area contributed by atoms with Gasteiger partial charge in [-0.05, 0) is 67.9 Å². The molecule has 1 aromatic heterocycles. The minimum atomic E-state index is -0.291. The van der Waals surface area contributed by atoms with Crippen molar-refractivity contribution < 1.29 is 14.0 Å². The number of hydrogen-bond donors (Lipinski definition) is 0. The van der Waals surface area contributed by atoms with E-state index in [0.717, 1.165) is 55.8 Å². The second kappa shape index (κ2) is 14.3. The van der Waals surface area contributed by atoms with Crippen LogP contribution >= 0.6 is 11.3 Å². The quantitative estimate of drug-likeness (QED) is 0.341. The van der Waals surface area contributed by atoms with Gasteiger partial charge in [-0.2, -0.15) is 0 Å². The second-order valence-corrected chi connectivity index (χ2v) is 10.5. The molecule has 2 amide bonds. The Hall–Kier alpha value is -2.25. The molecule has 1 fully saturated rings. The zero-order chi connectivity index (χ0) is 25.0. The predicted octanol–water partition coefficient (Wildman–Crippen LogP) is 5.56. The number of nitrogens with zero attached hydrogens (tertiary/aromatic N) is 3. The Morgan fingerprint density at radius 2 is 1.80 bits per heavy atom. The highest BCUT2D eigenvalue weighted by Gasteiger charge is 2.27. The molecule has 35 heavy (non-hydrogen) atoms. The number of amides is 2. The summed E-state index contributed by atoms with van der Waals surface area (Å²) in [5, 5.41) is 2.00. The zero-order valence-corrected chi connectivity index (χ0v) is 22.1. The standard InChI is InChI=1S/C28H40FN3O2S/c1-3-5-9-24(4-2)28(34)31(18-17-30-15-6-7-16-30)22-27(33)32(21-26-10-8-19-35-26)20-23-11-13-25(29)14-12-23/h8,10-14,19,24H,3-7,9,15-18,20-22H2,1-2H3. The maximum absolute atomic E-state index is 13.6. The van der Waals surface area contributed by atoms with E-state index in [2.05, 4.69) is 18.7 Å². The first-order valence-corrected chi connectivity index (χ1v) is 13.9. The second-order valence-electron chi connectivity index (χ2n) is 9.51. The van der Waals surface area contributed by atoms with Gasteiger partial charge in [0, 0.05) is 30.4 Å². The maximum atomic E-state index is 13.6. The topological polar surface area (TPSA) is 43.9 Å². The van der Waals surface area contributed by atoms with Gasteiger partial charge in [0.05, 0.1) is 13.1 Å². The molecular formula is C28H40FN3O2S. The fraction of sp³-hybridized carbons (Fsp3) is 0.571. The summed E-state index contributed by atoms with van der Waals surface area (Å²) < 4.78 is 13.4. The summed E-state index contributed by atoms with van der Waals surface area (Å²) in [5.41, 5.74) is 0.876. The summed E-state index contributed by atoms with van der Waals surface area (Å²) in [6.45, 7) is 8.69. The molecule has 0 bridgehead atoms. The molecule has 1 unspecified atom stereocenters. The zero-order valence-electron chi connectivity index (χ0n) is 21.3. The van der Waals surface area contributed by atoms with Crippen LogP contribution in [0.3, 0.4) is 0 Å². The molecule has 3 rings (SSSR count). The van der Waals surface area contributed by atoms with E-state index in [9.17, 15) is 14.0 Å². The van der Waals surface area contributed by atoms with Gasteiger partial charge < -0.3 is 14.7 Å². The molecule has 5 nitrogen and oxygen atoms in total. The number of thiophene rings is 1. The van der Waals surface area contributed by atoms with Crippen molar-refractivity contribution in [2.24, 2.45) is 5.92 Å². The Morgan fingerprint density at radius 3 is 2.43 bits per heavy atom. The van der Waals surface area contributed by atoms with E-state index in [1.54, 1.807) is 33.3 Å². The summed E-state index contributed by atoms with van der Waals surface area (Å²) in [4.78, 5) is 34.3. The van der Waals surface area contributed by atoms with Gasteiger partial charge >= 0.3 is 0 Å². The lowest BCUT2D eigenvalue weighted by Gasteiger charge is -2.31. The van der Waals surface area contributed by atoms with Crippen molar-refractivity contribution in [3.8, 4) is 0 Å². The number of unbranched alkanes of at least 4 members (excludes halogenated alkanes) is 1. The van der Waals surface area contributed by atoms with Gasteiger partial charge in [-0.25, -0.2) is 4.39 Å². The van der Waals surface area contributed by atoms with E-state index in [1.165, 1.54) is 25.0 Å². The van der Waals surface area contributed by atoms with E-state index in [4.69, 9.17) is 0 Å². The molecule has 0 aliphatic carbocycles. The first-order chi connectivity index (χ1) is 17.0. The predicted molar refractivity (Wildman–Crippen MR) is 141 cm³/mol. The average molecular weight is 502 g/mol. The maximum Gasteiger partial charge on any atom is 0.242 e. The average Bonchev–Trinajstić information content (AvgIpc) is 3.57. The molecule has 2 heterocycles. The minimum Gasteiger partial charge on any atom is -0.332 e. The number of rotatable bonds is 14. The third-order valence-corrected chi connectivity index (χ3v) is 7.70. The lowest BCUT2D eigenvalue weighted by molar-refractivity contribution is -0.144. The van der Waals surface area contributed by atoms with Crippen molar-refractivity contribution in [1.29, 1.82) is 0 Å². The molecule has 0 spiro atoms. The highest BCUT2D eigenvalue weighted by atomic mass is 32.1. The molecule has 1 aromatic carbocycles. The Balaban J connectivity index is 1.75. The summed E-state index contributed by atoms with van der Waals surface area (Å²) in [6.07, 6.45) is 6.15. The van der Waals surface area contributed by atoms with Crippen molar-refractivity contribution in [2.75, 3.05) is 32.7 Å². The van der Waals surface area contributed by atoms with Crippen LogP contribution in [0.2, 0.25) is 0 Å². The Labute approximate surface area is 213 Å². The smallest absolute Gasteiger partial charge is 0.242 e. The van der Waals surface area contributed by atoms with Crippen LogP contribution in [0.15, 0.2) is 41.8 Å². The molecule has 1 atom stereocenters. The number of carbonyl (C=O) groups excluding carboxylic acids is 2. The summed E-state index contributed by atoms with van der Waals surface area (Å²) in [7, 11) is 0. The van der Waals surface area contributed by atoms with E-state index in [-0.39, 0.29) is 30.1 Å². The van der Waals surface area contributed by atoms with Gasteiger partial charge in [0.1, 0.15) is 5.82 Å². The molecule has 0 N–H and O–H groups in total. The third-order valence-electron chi connectivity index (χ3n) is 6.84. The Kier molecular flexibility index (Phi) is 11.2. The number of hydrogen-bond acceptors (Lipinski definition) is 4. The molecule has 1 aliphatic heterocycles. The monoisotopic (exact) mass is 501 g/mol. The normalized spacial score (nSPS) is 14.7. The van der Waals surface area contributed by atoms with Crippen LogP contribution < -0.4 is 0 Å². The summed E-state index contributed by atoms with van der Waals surface area (Å²) in [5.74, 6) is -0.292. The SMILES string of the molecule is CCCCC(CC)C(=O)N(CCN1CCCC1)CC(=O)N(Cc1ccc(F)cc1)Cc1cccs1. The molecule has 1 aliphatic rings. The number of halogens is 1. The van der Waals surface area contributed by atoms with Gasteiger partial charge in [-0.3, -0.25) is 9.59 Å². The van der Waals surface area contributed by atoms with Gasteiger partial charge in [0.25, 0.3) is 0 Å².